The fourth-order valence-corrected chi connectivity index (χ4v) is 3.69. The summed E-state index contributed by atoms with van der Waals surface area (Å²) in [6, 6.07) is 8.98. The Kier molecular flexibility index (Phi) is 3.97. The summed E-state index contributed by atoms with van der Waals surface area (Å²) in [6.07, 6.45) is 0. The molecule has 0 unspecified atom stereocenters. The maximum atomic E-state index is 12.3. The van der Waals surface area contributed by atoms with Crippen molar-refractivity contribution in [2.45, 2.75) is 0 Å². The van der Waals surface area contributed by atoms with Crippen molar-refractivity contribution in [3.05, 3.63) is 55.0 Å². The molecule has 2 aromatic heterocycles. The molecule has 3 aromatic rings. The van der Waals surface area contributed by atoms with Gasteiger partial charge < -0.3 is 10.1 Å². The zero-order valence-electron chi connectivity index (χ0n) is 10.4. The lowest BCUT2D eigenvalue weighted by atomic mass is 10.1. The minimum atomic E-state index is -0.375. The van der Waals surface area contributed by atoms with Gasteiger partial charge in [0, 0.05) is 14.3 Å². The second-order valence-corrected chi connectivity index (χ2v) is 7.00. The van der Waals surface area contributed by atoms with Crippen molar-refractivity contribution < 1.29 is 5.11 Å². The van der Waals surface area contributed by atoms with Gasteiger partial charge in [-0.3, -0.25) is 4.79 Å². The number of benzene rings is 1. The first-order valence-corrected chi connectivity index (χ1v) is 8.35. The van der Waals surface area contributed by atoms with Gasteiger partial charge in [0.05, 0.1) is 4.88 Å². The summed E-state index contributed by atoms with van der Waals surface area (Å²) in [6.45, 7) is 0. The molecule has 0 atom stereocenters. The third-order valence-corrected chi connectivity index (χ3v) is 5.01. The summed E-state index contributed by atoms with van der Waals surface area (Å²) in [5.74, 6) is 0.0725. The van der Waals surface area contributed by atoms with Gasteiger partial charge in [-0.05, 0) is 39.7 Å². The smallest absolute Gasteiger partial charge is 0.262 e. The number of aromatic nitrogens is 2. The van der Waals surface area contributed by atoms with Crippen molar-refractivity contribution in [1.29, 1.82) is 0 Å². The lowest BCUT2D eigenvalue weighted by Gasteiger charge is -2.05. The first kappa shape index (κ1) is 14.5. The van der Waals surface area contributed by atoms with E-state index in [1.165, 1.54) is 11.3 Å². The van der Waals surface area contributed by atoms with Gasteiger partial charge >= 0.3 is 0 Å². The molecule has 106 valence electrons. The molecule has 0 fully saturated rings. The van der Waals surface area contributed by atoms with Gasteiger partial charge in [-0.2, -0.15) is 4.98 Å². The van der Waals surface area contributed by atoms with E-state index in [4.69, 9.17) is 0 Å². The van der Waals surface area contributed by atoms with Gasteiger partial charge in [0.15, 0.2) is 5.82 Å². The summed E-state index contributed by atoms with van der Waals surface area (Å²) < 4.78 is 1.73. The van der Waals surface area contributed by atoms with Gasteiger partial charge in [0.2, 0.25) is 5.88 Å². The Morgan fingerprint density at radius 3 is 2.62 bits per heavy atom. The Morgan fingerprint density at radius 2 is 2.00 bits per heavy atom. The van der Waals surface area contributed by atoms with E-state index in [9.17, 15) is 9.90 Å². The Morgan fingerprint density at radius 1 is 1.19 bits per heavy atom. The standard InChI is InChI=1S/C14H8Br2N2O2S/c15-8-3-1-2-7(4-8)11-13(19)17-12(18-14(11)20)10-5-9(16)6-21-10/h1-6H,(H2,17,18,19,20). The maximum Gasteiger partial charge on any atom is 0.262 e. The fourth-order valence-electron chi connectivity index (χ4n) is 1.92. The molecule has 0 aliphatic rings. The third kappa shape index (κ3) is 2.95. The minimum Gasteiger partial charge on any atom is -0.493 e. The van der Waals surface area contributed by atoms with Gasteiger partial charge in [-0.1, -0.05) is 28.1 Å². The van der Waals surface area contributed by atoms with Crippen molar-refractivity contribution in [3.63, 3.8) is 0 Å². The van der Waals surface area contributed by atoms with Gasteiger partial charge in [0.1, 0.15) is 5.56 Å². The van der Waals surface area contributed by atoms with Crippen LogP contribution in [0.25, 0.3) is 21.8 Å². The van der Waals surface area contributed by atoms with Crippen molar-refractivity contribution in [3.8, 4) is 27.7 Å². The highest BCUT2D eigenvalue weighted by atomic mass is 79.9. The largest absolute Gasteiger partial charge is 0.493 e. The van der Waals surface area contributed by atoms with Crippen molar-refractivity contribution >= 4 is 43.2 Å². The molecule has 0 saturated heterocycles. The highest BCUT2D eigenvalue weighted by Crippen LogP contribution is 2.30. The Hall–Kier alpha value is -1.44. The lowest BCUT2D eigenvalue weighted by Crippen LogP contribution is -2.11. The van der Waals surface area contributed by atoms with E-state index in [1.54, 1.807) is 18.2 Å². The van der Waals surface area contributed by atoms with Crippen LogP contribution in [0.4, 0.5) is 0 Å². The minimum absolute atomic E-state index is 0.163. The number of rotatable bonds is 2. The average molecular weight is 428 g/mol. The van der Waals surface area contributed by atoms with Crippen molar-refractivity contribution in [2.75, 3.05) is 0 Å². The summed E-state index contributed by atoms with van der Waals surface area (Å²) in [5.41, 5.74) is 0.394. The van der Waals surface area contributed by atoms with Crippen LogP contribution in [0.3, 0.4) is 0 Å². The van der Waals surface area contributed by atoms with E-state index >= 15 is 0 Å². The number of aromatic amines is 1. The van der Waals surface area contributed by atoms with Crippen LogP contribution in [0.5, 0.6) is 5.88 Å². The molecule has 21 heavy (non-hydrogen) atoms. The average Bonchev–Trinajstić information content (AvgIpc) is 2.85. The second-order valence-electron chi connectivity index (χ2n) is 4.25. The number of thiophene rings is 1. The molecule has 2 heterocycles. The predicted octanol–water partition coefficient (Wildman–Crippen LogP) is 4.40. The van der Waals surface area contributed by atoms with Gasteiger partial charge in [-0.25, -0.2) is 0 Å². The summed E-state index contributed by atoms with van der Waals surface area (Å²) in [7, 11) is 0. The highest BCUT2D eigenvalue weighted by molar-refractivity contribution is 9.10. The molecule has 1 aromatic carbocycles. The summed E-state index contributed by atoms with van der Waals surface area (Å²) >= 11 is 8.12. The van der Waals surface area contributed by atoms with Gasteiger partial charge in [-0.15, -0.1) is 11.3 Å². The molecular formula is C14H8Br2N2O2S. The zero-order chi connectivity index (χ0) is 15.0. The van der Waals surface area contributed by atoms with Crippen molar-refractivity contribution in [2.24, 2.45) is 0 Å². The Bertz CT molecular complexity index is 873. The summed E-state index contributed by atoms with van der Waals surface area (Å²) in [5, 5.41) is 12.0. The predicted molar refractivity (Wildman–Crippen MR) is 90.7 cm³/mol. The third-order valence-electron chi connectivity index (χ3n) is 2.81. The normalized spacial score (nSPS) is 10.8. The molecule has 0 saturated carbocycles. The van der Waals surface area contributed by atoms with Crippen LogP contribution >= 0.6 is 43.2 Å². The van der Waals surface area contributed by atoms with Crippen LogP contribution < -0.4 is 5.56 Å². The van der Waals surface area contributed by atoms with Crippen LogP contribution in [-0.2, 0) is 0 Å². The second kappa shape index (κ2) is 5.75. The van der Waals surface area contributed by atoms with Crippen LogP contribution in [0.15, 0.2) is 49.5 Å². The molecule has 0 aliphatic carbocycles. The van der Waals surface area contributed by atoms with E-state index in [-0.39, 0.29) is 17.0 Å². The highest BCUT2D eigenvalue weighted by Gasteiger charge is 2.15. The molecule has 0 spiro atoms. The number of nitrogens with one attached hydrogen (secondary N) is 1. The molecule has 3 rings (SSSR count). The quantitative estimate of drug-likeness (QED) is 0.637. The molecule has 0 radical (unpaired) electrons. The number of aromatic hydroxyl groups is 1. The van der Waals surface area contributed by atoms with Crippen LogP contribution in [0.1, 0.15) is 0 Å². The Labute approximate surface area is 140 Å². The zero-order valence-corrected chi connectivity index (χ0v) is 14.4. The lowest BCUT2D eigenvalue weighted by molar-refractivity contribution is 0.454. The van der Waals surface area contributed by atoms with Crippen LogP contribution in [0, 0.1) is 0 Å². The topological polar surface area (TPSA) is 66.0 Å². The molecule has 2 N–H and O–H groups in total. The number of hydrogen-bond donors (Lipinski definition) is 2. The molecule has 4 nitrogen and oxygen atoms in total. The van der Waals surface area contributed by atoms with E-state index in [0.717, 1.165) is 13.8 Å². The number of halogens is 2. The first-order valence-electron chi connectivity index (χ1n) is 5.88. The number of H-pyrrole nitrogens is 1. The molecular weight excluding hydrogens is 420 g/mol. The van der Waals surface area contributed by atoms with Crippen LogP contribution in [0.2, 0.25) is 0 Å². The Balaban J connectivity index is 2.15. The van der Waals surface area contributed by atoms with E-state index in [2.05, 4.69) is 41.8 Å². The SMILES string of the molecule is O=c1[nH]c(-c2cc(Br)cs2)nc(O)c1-c1cccc(Br)c1. The molecule has 0 bridgehead atoms. The van der Waals surface area contributed by atoms with E-state index < -0.39 is 0 Å². The summed E-state index contributed by atoms with van der Waals surface area (Å²) in [4.78, 5) is 19.9. The molecule has 7 heteroatoms. The maximum absolute atomic E-state index is 12.3. The molecule has 0 amide bonds. The van der Waals surface area contributed by atoms with E-state index in [0.29, 0.717) is 11.4 Å². The number of hydrogen-bond acceptors (Lipinski definition) is 4. The van der Waals surface area contributed by atoms with E-state index in [1.807, 2.05) is 17.5 Å². The fraction of sp³-hybridized carbons (Fsp3) is 0. The van der Waals surface area contributed by atoms with Gasteiger partial charge in [0.25, 0.3) is 5.56 Å². The first-order chi connectivity index (χ1) is 10.0. The monoisotopic (exact) mass is 426 g/mol. The van der Waals surface area contributed by atoms with Crippen molar-refractivity contribution in [1.82, 2.24) is 9.97 Å². The number of nitrogens with zero attached hydrogens (tertiary/aromatic N) is 1. The van der Waals surface area contributed by atoms with Crippen LogP contribution in [-0.4, -0.2) is 15.1 Å². The molecule has 0 aliphatic heterocycles.